The highest BCUT2D eigenvalue weighted by atomic mass is 16.5. The number of hydrogen-bond acceptors (Lipinski definition) is 12. The van der Waals surface area contributed by atoms with Crippen molar-refractivity contribution in [2.24, 2.45) is 0 Å². The van der Waals surface area contributed by atoms with Gasteiger partial charge in [0.25, 0.3) is 0 Å². The third-order valence-corrected chi connectivity index (χ3v) is 14.6. The summed E-state index contributed by atoms with van der Waals surface area (Å²) in [4.78, 5) is 4.94. The van der Waals surface area contributed by atoms with Crippen molar-refractivity contribution >= 4 is 22.3 Å². The van der Waals surface area contributed by atoms with E-state index in [2.05, 4.69) is 9.80 Å². The summed E-state index contributed by atoms with van der Waals surface area (Å²) in [6.07, 6.45) is 8.41. The number of nitrogens with zero attached hydrogens (tertiary/aromatic N) is 2. The number of fused-ring (bicyclic) bond motifs is 8. The fourth-order valence-corrected chi connectivity index (χ4v) is 11.0. The van der Waals surface area contributed by atoms with E-state index in [0.29, 0.717) is 62.3 Å². The molecule has 0 unspecified atom stereocenters. The number of benzene rings is 6. The molecule has 12 nitrogen and oxygen atoms in total. The van der Waals surface area contributed by atoms with E-state index in [1.165, 1.54) is 64.7 Å². The number of hydrogen-bond donors (Lipinski definition) is 4. The van der Waals surface area contributed by atoms with Gasteiger partial charge in [-0.1, -0.05) is 37.1 Å². The predicted octanol–water partition coefficient (Wildman–Crippen LogP) is 11.6. The van der Waals surface area contributed by atoms with Gasteiger partial charge in [-0.3, -0.25) is 9.80 Å². The second-order valence-electron chi connectivity index (χ2n) is 19.3. The average Bonchev–Trinajstić information content (AvgIpc) is 3.71. The molecule has 6 aliphatic rings. The number of aromatic hydroxyl groups is 4. The molecule has 2 fully saturated rings. The zero-order valence-electron chi connectivity index (χ0n) is 40.6. The number of ether oxygens (including phenoxy) is 6. The smallest absolute Gasteiger partial charge is 0.150 e. The molecule has 0 radical (unpaired) electrons. The highest BCUT2D eigenvalue weighted by Crippen LogP contribution is 2.54. The number of phenolic OH excluding ortho intramolecular Hbond substituents is 4. The first-order valence-corrected chi connectivity index (χ1v) is 25.6. The van der Waals surface area contributed by atoms with Gasteiger partial charge in [-0.2, -0.15) is 0 Å². The fourth-order valence-electron chi connectivity index (χ4n) is 11.0. The van der Waals surface area contributed by atoms with Gasteiger partial charge in [0.1, 0.15) is 82.9 Å². The molecule has 0 spiro atoms. The van der Waals surface area contributed by atoms with Gasteiger partial charge in [-0.05, 0) is 147 Å². The maximum absolute atomic E-state index is 10.1. The minimum absolute atomic E-state index is 0.169. The van der Waals surface area contributed by atoms with Crippen LogP contribution in [0.15, 0.2) is 121 Å². The van der Waals surface area contributed by atoms with E-state index in [1.807, 2.05) is 72.8 Å². The molecule has 0 aliphatic carbocycles. The molecular formula is C60H62N2O10. The van der Waals surface area contributed by atoms with Crippen molar-refractivity contribution < 1.29 is 48.8 Å². The van der Waals surface area contributed by atoms with Crippen molar-refractivity contribution in [2.45, 2.75) is 63.6 Å². The third kappa shape index (κ3) is 10.2. The first-order valence-electron chi connectivity index (χ1n) is 25.6. The molecule has 0 saturated carbocycles. The van der Waals surface area contributed by atoms with Gasteiger partial charge in [-0.15, -0.1) is 0 Å². The minimum Gasteiger partial charge on any atom is -0.508 e. The molecule has 6 aromatic carbocycles. The van der Waals surface area contributed by atoms with Crippen LogP contribution in [0.4, 0.5) is 0 Å². The van der Waals surface area contributed by atoms with Gasteiger partial charge in [0.05, 0.1) is 13.2 Å². The SMILES string of the molecule is Oc1ccc2c(c1)O[C@@H](c1ccc(OCCN3CCCCC3)cc1)C1=C2CCOc2cc(O)ccc21.Oc1ccc2c(c1)O[C@H](c1ccc(OCCN3CCCCC3)cc1)C1=C2CCOc2cc(O)ccc21. The van der Waals surface area contributed by atoms with Gasteiger partial charge in [0.15, 0.2) is 0 Å². The lowest BCUT2D eigenvalue weighted by Gasteiger charge is -2.31. The summed E-state index contributed by atoms with van der Waals surface area (Å²) in [5.74, 6) is 4.97. The molecule has 2 atom stereocenters. The quantitative estimate of drug-likeness (QED) is 0.104. The van der Waals surface area contributed by atoms with E-state index in [1.54, 1.807) is 48.5 Å². The Balaban J connectivity index is 0.000000156. The summed E-state index contributed by atoms with van der Waals surface area (Å²) in [7, 11) is 0. The molecule has 72 heavy (non-hydrogen) atoms. The Morgan fingerprint density at radius 2 is 0.778 bits per heavy atom. The van der Waals surface area contributed by atoms with Crippen molar-refractivity contribution in [2.75, 3.05) is 65.7 Å². The van der Waals surface area contributed by atoms with Gasteiger partial charge >= 0.3 is 0 Å². The maximum atomic E-state index is 10.1. The third-order valence-electron chi connectivity index (χ3n) is 14.6. The molecule has 12 heteroatoms. The fraction of sp³-hybridized carbons (Fsp3) is 0.333. The Kier molecular flexibility index (Phi) is 13.9. The zero-order chi connectivity index (χ0) is 49.0. The molecule has 0 amide bonds. The van der Waals surface area contributed by atoms with E-state index in [9.17, 15) is 20.4 Å². The minimum atomic E-state index is -0.387. The van der Waals surface area contributed by atoms with Crippen LogP contribution in [0.1, 0.15) is 97.0 Å². The van der Waals surface area contributed by atoms with Gasteiger partial charge < -0.3 is 48.8 Å². The molecule has 372 valence electrons. The van der Waals surface area contributed by atoms with Crippen molar-refractivity contribution in [3.63, 3.8) is 0 Å². The van der Waals surface area contributed by atoms with Crippen LogP contribution in [0.2, 0.25) is 0 Å². The summed E-state index contributed by atoms with van der Waals surface area (Å²) in [5.41, 5.74) is 10.0. The van der Waals surface area contributed by atoms with Gasteiger partial charge in [-0.25, -0.2) is 0 Å². The van der Waals surface area contributed by atoms with Crippen molar-refractivity contribution in [3.05, 3.63) is 155 Å². The number of piperidine rings is 2. The molecule has 6 aliphatic heterocycles. The van der Waals surface area contributed by atoms with Crippen molar-refractivity contribution in [1.82, 2.24) is 9.80 Å². The Bertz CT molecular complexity index is 2750. The van der Waals surface area contributed by atoms with E-state index >= 15 is 0 Å². The van der Waals surface area contributed by atoms with Crippen molar-refractivity contribution in [1.29, 1.82) is 0 Å². The number of phenols is 4. The Morgan fingerprint density at radius 1 is 0.417 bits per heavy atom. The molecule has 6 heterocycles. The molecule has 6 aromatic rings. The summed E-state index contributed by atoms with van der Waals surface area (Å²) in [5, 5.41) is 40.4. The molecule has 0 bridgehead atoms. The van der Waals surface area contributed by atoms with Gasteiger partial charge in [0.2, 0.25) is 0 Å². The first kappa shape index (κ1) is 47.1. The van der Waals surface area contributed by atoms with Crippen LogP contribution in [0, 0.1) is 0 Å². The van der Waals surface area contributed by atoms with E-state index < -0.39 is 0 Å². The lowest BCUT2D eigenvalue weighted by Crippen LogP contribution is -2.33. The number of rotatable bonds is 10. The summed E-state index contributed by atoms with van der Waals surface area (Å²) >= 11 is 0. The monoisotopic (exact) mass is 970 g/mol. The summed E-state index contributed by atoms with van der Waals surface area (Å²) < 4.78 is 37.2. The molecular weight excluding hydrogens is 909 g/mol. The van der Waals surface area contributed by atoms with Crippen molar-refractivity contribution in [3.8, 4) is 57.5 Å². The largest absolute Gasteiger partial charge is 0.508 e. The lowest BCUT2D eigenvalue weighted by molar-refractivity contribution is 0.183. The normalized spacial score (nSPS) is 19.3. The van der Waals surface area contributed by atoms with Crippen LogP contribution >= 0.6 is 0 Å². The topological polar surface area (TPSA) is 143 Å². The van der Waals surface area contributed by atoms with Crippen LogP contribution in [0.3, 0.4) is 0 Å². The van der Waals surface area contributed by atoms with Crippen LogP contribution < -0.4 is 28.4 Å². The second-order valence-corrected chi connectivity index (χ2v) is 19.3. The van der Waals surface area contributed by atoms with Crippen LogP contribution in [0.5, 0.6) is 57.5 Å². The van der Waals surface area contributed by atoms with Crippen LogP contribution in [0.25, 0.3) is 22.3 Å². The molecule has 0 aromatic heterocycles. The maximum Gasteiger partial charge on any atom is 0.150 e. The van der Waals surface area contributed by atoms with E-state index in [0.717, 1.165) is 80.3 Å². The Morgan fingerprint density at radius 3 is 1.17 bits per heavy atom. The highest BCUT2D eigenvalue weighted by molar-refractivity contribution is 5.99. The first-order chi connectivity index (χ1) is 35.3. The Hall–Kier alpha value is -7.28. The predicted molar refractivity (Wildman–Crippen MR) is 277 cm³/mol. The standard InChI is InChI=1S/2C30H31NO5/c2*32-21-7-11-26-27(18-21)35-16-12-25-24-10-6-22(33)19-28(24)36-30(29(25)26)20-4-8-23(9-5-20)34-17-15-31-13-2-1-3-14-31/h2*4-11,18-19,30,32-33H,1-3,12-17H2/t2*30-/m10/s1. The second kappa shape index (κ2) is 21.2. The molecule has 4 N–H and O–H groups in total. The summed E-state index contributed by atoms with van der Waals surface area (Å²) in [6.45, 7) is 8.90. The van der Waals surface area contributed by atoms with Gasteiger partial charge in [0, 0.05) is 83.6 Å². The number of likely N-dealkylation sites (tertiary alicyclic amines) is 2. The van der Waals surface area contributed by atoms with Crippen LogP contribution in [-0.2, 0) is 0 Å². The molecule has 2 saturated heterocycles. The average molecular weight is 971 g/mol. The lowest BCUT2D eigenvalue weighted by atomic mass is 9.84. The summed E-state index contributed by atoms with van der Waals surface area (Å²) in [6, 6.07) is 37.2. The van der Waals surface area contributed by atoms with E-state index in [-0.39, 0.29) is 35.2 Å². The molecule has 12 rings (SSSR count). The zero-order valence-corrected chi connectivity index (χ0v) is 40.6. The van der Waals surface area contributed by atoms with E-state index in [4.69, 9.17) is 28.4 Å². The highest BCUT2D eigenvalue weighted by Gasteiger charge is 2.36. The van der Waals surface area contributed by atoms with Crippen LogP contribution in [-0.4, -0.2) is 95.9 Å². The Labute approximate surface area is 420 Å².